The van der Waals surface area contributed by atoms with Crippen LogP contribution >= 0.6 is 0 Å². The van der Waals surface area contributed by atoms with Gasteiger partial charge >= 0.3 is 0 Å². The monoisotopic (exact) mass is 487 g/mol. The summed E-state index contributed by atoms with van der Waals surface area (Å²) in [6.45, 7) is 0. The van der Waals surface area contributed by atoms with Gasteiger partial charge in [-0.05, 0) is 48.5 Å². The molecule has 11 nitrogen and oxygen atoms in total. The van der Waals surface area contributed by atoms with Gasteiger partial charge in [0, 0.05) is 37.6 Å². The Balaban J connectivity index is 1.44. The van der Waals surface area contributed by atoms with Crippen molar-refractivity contribution in [2.75, 3.05) is 14.8 Å². The molecule has 2 heterocycles. The fourth-order valence-corrected chi connectivity index (χ4v) is 5.12. The van der Waals surface area contributed by atoms with E-state index in [1.165, 1.54) is 46.0 Å². The Morgan fingerprint density at radius 1 is 0.606 bits per heavy atom. The Morgan fingerprint density at radius 2 is 0.970 bits per heavy atom. The number of aryl methyl sites for hydroxylation is 2. The van der Waals surface area contributed by atoms with Gasteiger partial charge in [-0.25, -0.2) is 16.8 Å². The third-order valence-corrected chi connectivity index (χ3v) is 7.48. The first-order valence-corrected chi connectivity index (χ1v) is 12.6. The first-order valence-electron chi connectivity index (χ1n) is 9.63. The fourth-order valence-electron chi connectivity index (χ4n) is 2.94. The molecule has 4 rings (SSSR count). The van der Waals surface area contributed by atoms with Gasteiger partial charge in [-0.15, -0.1) is 0 Å². The molecule has 0 aliphatic rings. The summed E-state index contributed by atoms with van der Waals surface area (Å²) in [6, 6.07) is 15.5. The normalized spacial score (nSPS) is 11.8. The molecule has 4 aromatic rings. The van der Waals surface area contributed by atoms with Gasteiger partial charge in [0.05, 0.1) is 22.2 Å². The quantitative estimate of drug-likeness (QED) is 0.347. The number of hydrogen-bond acceptors (Lipinski definition) is 7. The molecule has 2 aromatic carbocycles. The molecular weight excluding hydrogens is 466 g/mol. The maximum atomic E-state index is 12.5. The van der Waals surface area contributed by atoms with E-state index in [-0.39, 0.29) is 9.79 Å². The van der Waals surface area contributed by atoms with Crippen LogP contribution in [0.3, 0.4) is 0 Å². The molecule has 0 radical (unpaired) electrons. The maximum absolute atomic E-state index is 12.5. The zero-order valence-corrected chi connectivity index (χ0v) is 19.3. The molecule has 172 valence electrons. The highest BCUT2D eigenvalue weighted by Crippen LogP contribution is 2.23. The van der Waals surface area contributed by atoms with E-state index >= 15 is 0 Å². The van der Waals surface area contributed by atoms with Crippen molar-refractivity contribution in [3.63, 3.8) is 0 Å². The summed E-state index contributed by atoms with van der Waals surface area (Å²) in [5, 5.41) is 11.0. The third-order valence-electron chi connectivity index (χ3n) is 4.74. The summed E-state index contributed by atoms with van der Waals surface area (Å²) in [6.07, 6.45) is 2.99. The summed E-state index contributed by atoms with van der Waals surface area (Å²) < 4.78 is 58.0. The van der Waals surface area contributed by atoms with Gasteiger partial charge in [-0.3, -0.25) is 18.8 Å². The highest BCUT2D eigenvalue weighted by molar-refractivity contribution is 7.93. The molecule has 0 saturated carbocycles. The lowest BCUT2D eigenvalue weighted by Crippen LogP contribution is -2.15. The Hall–Kier alpha value is -3.84. The van der Waals surface area contributed by atoms with Gasteiger partial charge in [0.15, 0.2) is 0 Å². The molecule has 0 unspecified atom stereocenters. The highest BCUT2D eigenvalue weighted by atomic mass is 32.2. The first-order chi connectivity index (χ1) is 15.6. The van der Waals surface area contributed by atoms with Crippen LogP contribution in [-0.2, 0) is 34.1 Å². The molecular formula is C20H21N7O4S2. The smallest absolute Gasteiger partial charge is 0.263 e. The predicted molar refractivity (Wildman–Crippen MR) is 124 cm³/mol. The second kappa shape index (κ2) is 8.60. The number of hydrogen-bond donors (Lipinski definition) is 3. The van der Waals surface area contributed by atoms with Crippen LogP contribution in [0, 0.1) is 0 Å². The first kappa shape index (κ1) is 22.4. The number of benzene rings is 2. The van der Waals surface area contributed by atoms with Crippen LogP contribution in [0.15, 0.2) is 82.8 Å². The molecule has 0 spiro atoms. The van der Waals surface area contributed by atoms with Crippen molar-refractivity contribution in [3.8, 4) is 0 Å². The second-order valence-corrected chi connectivity index (χ2v) is 10.4. The standard InChI is InChI=1S/C20H21N7O4S2/c1-26-19(11-13-21-26)24-32(28,29)17-7-3-15(4-8-17)23-16-5-9-18(10-6-16)33(30,31)25-20-12-14-22-27(20)2/h3-14,23-25H,1-2H3. The van der Waals surface area contributed by atoms with Crippen molar-refractivity contribution in [1.29, 1.82) is 0 Å². The highest BCUT2D eigenvalue weighted by Gasteiger charge is 2.17. The third kappa shape index (κ3) is 4.99. The molecule has 2 aromatic heterocycles. The summed E-state index contributed by atoms with van der Waals surface area (Å²) in [5.74, 6) is 0.704. The van der Waals surface area contributed by atoms with Crippen molar-refractivity contribution in [2.24, 2.45) is 14.1 Å². The molecule has 0 bridgehead atoms. The van der Waals surface area contributed by atoms with E-state index in [1.807, 2.05) is 0 Å². The van der Waals surface area contributed by atoms with Crippen molar-refractivity contribution < 1.29 is 16.8 Å². The molecule has 3 N–H and O–H groups in total. The van der Waals surface area contributed by atoms with Gasteiger partial charge in [-0.2, -0.15) is 10.2 Å². The molecule has 0 aliphatic heterocycles. The predicted octanol–water partition coefficient (Wildman–Crippen LogP) is 2.50. The minimum absolute atomic E-state index is 0.0944. The van der Waals surface area contributed by atoms with Gasteiger partial charge < -0.3 is 5.32 Å². The average molecular weight is 488 g/mol. The average Bonchev–Trinajstić information content (AvgIpc) is 3.36. The minimum Gasteiger partial charge on any atom is -0.356 e. The van der Waals surface area contributed by atoms with Crippen LogP contribution in [-0.4, -0.2) is 36.4 Å². The van der Waals surface area contributed by atoms with E-state index in [0.29, 0.717) is 23.0 Å². The Kier molecular flexibility index (Phi) is 5.82. The summed E-state index contributed by atoms with van der Waals surface area (Å²) in [4.78, 5) is 0.189. The number of anilines is 4. The second-order valence-electron chi connectivity index (χ2n) is 7.06. The van der Waals surface area contributed by atoms with E-state index in [1.54, 1.807) is 50.5 Å². The topological polar surface area (TPSA) is 140 Å². The van der Waals surface area contributed by atoms with Crippen LogP contribution in [0.1, 0.15) is 0 Å². The van der Waals surface area contributed by atoms with E-state index < -0.39 is 20.0 Å². The largest absolute Gasteiger partial charge is 0.356 e. The molecule has 33 heavy (non-hydrogen) atoms. The summed E-state index contributed by atoms with van der Waals surface area (Å²) in [5.41, 5.74) is 1.27. The molecule has 0 aliphatic carbocycles. The molecule has 0 fully saturated rings. The molecule has 0 atom stereocenters. The summed E-state index contributed by atoms with van der Waals surface area (Å²) in [7, 11) is -4.25. The SMILES string of the molecule is Cn1nccc1NS(=O)(=O)c1ccc(Nc2ccc(S(=O)(=O)Nc3ccnn3C)cc2)cc1. The van der Waals surface area contributed by atoms with E-state index in [2.05, 4.69) is 25.0 Å². The maximum Gasteiger partial charge on any atom is 0.263 e. The van der Waals surface area contributed by atoms with E-state index in [4.69, 9.17) is 0 Å². The van der Waals surface area contributed by atoms with Crippen LogP contribution in [0.25, 0.3) is 0 Å². The number of nitrogens with one attached hydrogen (secondary N) is 3. The van der Waals surface area contributed by atoms with Crippen molar-refractivity contribution in [1.82, 2.24) is 19.6 Å². The lowest BCUT2D eigenvalue weighted by atomic mass is 10.3. The van der Waals surface area contributed by atoms with Crippen molar-refractivity contribution in [3.05, 3.63) is 73.1 Å². The van der Waals surface area contributed by atoms with Gasteiger partial charge in [0.25, 0.3) is 20.0 Å². The zero-order valence-electron chi connectivity index (χ0n) is 17.7. The van der Waals surface area contributed by atoms with Gasteiger partial charge in [0.2, 0.25) is 0 Å². The Bertz CT molecular complexity index is 1360. The summed E-state index contributed by atoms with van der Waals surface area (Å²) >= 11 is 0. The van der Waals surface area contributed by atoms with Gasteiger partial charge in [-0.1, -0.05) is 0 Å². The van der Waals surface area contributed by atoms with Crippen LogP contribution in [0.5, 0.6) is 0 Å². The van der Waals surface area contributed by atoms with Crippen molar-refractivity contribution >= 4 is 43.1 Å². The fraction of sp³-hybridized carbons (Fsp3) is 0.100. The Labute approximate surface area is 191 Å². The van der Waals surface area contributed by atoms with Crippen molar-refractivity contribution in [2.45, 2.75) is 9.79 Å². The van der Waals surface area contributed by atoms with E-state index in [0.717, 1.165) is 0 Å². The Morgan fingerprint density at radius 3 is 1.27 bits per heavy atom. The number of aromatic nitrogens is 4. The molecule has 0 amide bonds. The molecule has 0 saturated heterocycles. The number of rotatable bonds is 8. The molecule has 13 heteroatoms. The number of nitrogens with zero attached hydrogens (tertiary/aromatic N) is 4. The van der Waals surface area contributed by atoms with Crippen LogP contribution < -0.4 is 14.8 Å². The minimum atomic E-state index is -3.76. The lowest BCUT2D eigenvalue weighted by molar-refractivity contribution is 0.598. The van der Waals surface area contributed by atoms with Crippen LogP contribution in [0.2, 0.25) is 0 Å². The zero-order chi connectivity index (χ0) is 23.6. The number of sulfonamides is 2. The van der Waals surface area contributed by atoms with Crippen LogP contribution in [0.4, 0.5) is 23.0 Å². The van der Waals surface area contributed by atoms with E-state index in [9.17, 15) is 16.8 Å². The van der Waals surface area contributed by atoms with Gasteiger partial charge in [0.1, 0.15) is 11.6 Å². The lowest BCUT2D eigenvalue weighted by Gasteiger charge is -2.11.